The molecule has 0 fully saturated rings. The van der Waals surface area contributed by atoms with Gasteiger partial charge < -0.3 is 14.4 Å². The Kier molecular flexibility index (Phi) is 5.09. The van der Waals surface area contributed by atoms with Crippen molar-refractivity contribution in [3.05, 3.63) is 0 Å². The van der Waals surface area contributed by atoms with Crippen LogP contribution in [0.1, 0.15) is 0 Å². The van der Waals surface area contributed by atoms with Crippen molar-refractivity contribution in [3.63, 3.8) is 0 Å². The Hall–Kier alpha value is -0.460. The molecule has 1 unspecified atom stereocenters. The molecule has 10 heavy (non-hydrogen) atoms. The van der Waals surface area contributed by atoms with Gasteiger partial charge in [0.05, 0.1) is 6.61 Å². The summed E-state index contributed by atoms with van der Waals surface area (Å²) in [5.74, 6) is -1.50. The van der Waals surface area contributed by atoms with Gasteiger partial charge >= 0.3 is 5.97 Å². The molecule has 0 saturated heterocycles. The van der Waals surface area contributed by atoms with E-state index in [1.165, 1.54) is 0 Å². The number of aliphatic hydroxyl groups excluding tert-OH is 1. The van der Waals surface area contributed by atoms with E-state index >= 15 is 0 Å². The summed E-state index contributed by atoms with van der Waals surface area (Å²) in [7, 11) is 0. The first-order chi connectivity index (χ1) is 4.66. The second kappa shape index (κ2) is 5.33. The van der Waals surface area contributed by atoms with Crippen molar-refractivity contribution in [3.8, 4) is 0 Å². The highest BCUT2D eigenvalue weighted by molar-refractivity contribution is 7.79. The van der Waals surface area contributed by atoms with Crippen LogP contribution >= 0.6 is 0 Å². The van der Waals surface area contributed by atoms with Gasteiger partial charge in [0.1, 0.15) is 12.4 Å². The molecule has 60 valence electrons. The van der Waals surface area contributed by atoms with E-state index in [1.54, 1.807) is 0 Å². The topological polar surface area (TPSA) is 86.7 Å². The smallest absolute Gasteiger partial charge is 0.317 e. The van der Waals surface area contributed by atoms with Crippen LogP contribution in [-0.4, -0.2) is 38.8 Å². The molecular weight excluding hydrogens is 160 g/mol. The summed E-state index contributed by atoms with van der Waals surface area (Å²) < 4.78 is 23.8. The predicted octanol–water partition coefficient (Wildman–Crippen LogP) is -1.60. The number of hydrogen-bond donors (Lipinski definition) is 1. The zero-order valence-corrected chi connectivity index (χ0v) is 5.93. The summed E-state index contributed by atoms with van der Waals surface area (Å²) in [4.78, 5) is 10.3. The van der Waals surface area contributed by atoms with Gasteiger partial charge in [-0.2, -0.15) is 0 Å². The maximum Gasteiger partial charge on any atom is 0.317 e. The molecule has 0 spiro atoms. The molecule has 0 amide bonds. The lowest BCUT2D eigenvalue weighted by atomic mass is 10.7. The molecule has 1 N–H and O–H groups in total. The number of ether oxygens (including phenoxy) is 1. The Morgan fingerprint density at radius 1 is 1.70 bits per heavy atom. The summed E-state index contributed by atoms with van der Waals surface area (Å²) in [5, 5.41) is 8.12. The van der Waals surface area contributed by atoms with Gasteiger partial charge in [-0.15, -0.1) is 0 Å². The molecule has 5 nitrogen and oxygen atoms in total. The Labute approximate surface area is 60.3 Å². The summed E-state index contributed by atoms with van der Waals surface area (Å²) in [5.41, 5.74) is 0. The van der Waals surface area contributed by atoms with Crippen molar-refractivity contribution in [1.82, 2.24) is 0 Å². The van der Waals surface area contributed by atoms with Gasteiger partial charge in [-0.1, -0.05) is 0 Å². The minimum Gasteiger partial charge on any atom is -0.772 e. The highest BCUT2D eigenvalue weighted by Gasteiger charge is 2.00. The largest absolute Gasteiger partial charge is 0.772 e. The van der Waals surface area contributed by atoms with Crippen LogP contribution in [0.4, 0.5) is 0 Å². The molecule has 0 radical (unpaired) electrons. The van der Waals surface area contributed by atoms with Crippen molar-refractivity contribution in [1.29, 1.82) is 0 Å². The fraction of sp³-hybridized carbons (Fsp3) is 0.750. The number of esters is 1. The van der Waals surface area contributed by atoms with Crippen molar-refractivity contribution in [2.75, 3.05) is 19.0 Å². The Bertz CT molecular complexity index is 134. The molecule has 0 rings (SSSR count). The molecule has 1 atom stereocenters. The monoisotopic (exact) mass is 167 g/mol. The molecule has 0 saturated carbocycles. The van der Waals surface area contributed by atoms with E-state index in [2.05, 4.69) is 4.74 Å². The average Bonchev–Trinajstić information content (AvgIpc) is 1.82. The van der Waals surface area contributed by atoms with E-state index < -0.39 is 22.8 Å². The van der Waals surface area contributed by atoms with E-state index in [1.807, 2.05) is 0 Å². The molecular formula is C4H7O5S-. The second-order valence-corrected chi connectivity index (χ2v) is 2.29. The van der Waals surface area contributed by atoms with E-state index in [4.69, 9.17) is 5.11 Å². The summed E-state index contributed by atoms with van der Waals surface area (Å²) in [6.07, 6.45) is 0. The molecule has 0 aliphatic carbocycles. The Morgan fingerprint density at radius 3 is 2.70 bits per heavy atom. The third-order valence-electron chi connectivity index (χ3n) is 0.590. The SMILES string of the molecule is O=C(CS(=O)[O-])OCCO. The van der Waals surface area contributed by atoms with Crippen LogP contribution in [0.5, 0.6) is 0 Å². The quantitative estimate of drug-likeness (QED) is 0.402. The van der Waals surface area contributed by atoms with Crippen molar-refractivity contribution >= 4 is 17.0 Å². The van der Waals surface area contributed by atoms with Crippen LogP contribution in [0.2, 0.25) is 0 Å². The lowest BCUT2D eigenvalue weighted by molar-refractivity contribution is -0.141. The average molecular weight is 167 g/mol. The van der Waals surface area contributed by atoms with Gasteiger partial charge in [0, 0.05) is 0 Å². The highest BCUT2D eigenvalue weighted by atomic mass is 32.2. The van der Waals surface area contributed by atoms with E-state index in [0.717, 1.165) is 0 Å². The lowest BCUT2D eigenvalue weighted by Crippen LogP contribution is -2.15. The van der Waals surface area contributed by atoms with Crippen LogP contribution in [0.3, 0.4) is 0 Å². The second-order valence-electron chi connectivity index (χ2n) is 1.39. The van der Waals surface area contributed by atoms with Crippen molar-refractivity contribution in [2.45, 2.75) is 0 Å². The fourth-order valence-electron chi connectivity index (χ4n) is 0.297. The zero-order valence-electron chi connectivity index (χ0n) is 5.11. The van der Waals surface area contributed by atoms with Crippen LogP contribution in [-0.2, 0) is 20.6 Å². The minimum absolute atomic E-state index is 0.157. The molecule has 0 aromatic heterocycles. The number of rotatable bonds is 4. The third-order valence-corrected chi connectivity index (χ3v) is 1.06. The first kappa shape index (κ1) is 9.54. The fourth-order valence-corrected chi connectivity index (χ4v) is 0.573. The third kappa shape index (κ3) is 5.67. The first-order valence-corrected chi connectivity index (χ1v) is 3.73. The first-order valence-electron chi connectivity index (χ1n) is 2.49. The number of aliphatic hydroxyl groups is 1. The van der Waals surface area contributed by atoms with Gasteiger partial charge in [0.25, 0.3) is 0 Å². The van der Waals surface area contributed by atoms with E-state index in [-0.39, 0.29) is 13.2 Å². The van der Waals surface area contributed by atoms with Gasteiger partial charge in [-0.05, 0) is 11.1 Å². The van der Waals surface area contributed by atoms with Crippen LogP contribution in [0.25, 0.3) is 0 Å². The van der Waals surface area contributed by atoms with Crippen molar-refractivity contribution in [2.24, 2.45) is 0 Å². The predicted molar refractivity (Wildman–Crippen MR) is 31.8 cm³/mol. The zero-order chi connectivity index (χ0) is 7.98. The molecule has 6 heteroatoms. The van der Waals surface area contributed by atoms with Gasteiger partial charge in [-0.25, -0.2) is 0 Å². The van der Waals surface area contributed by atoms with Crippen LogP contribution in [0.15, 0.2) is 0 Å². The van der Waals surface area contributed by atoms with Crippen LogP contribution < -0.4 is 0 Å². The summed E-state index contributed by atoms with van der Waals surface area (Å²) >= 11 is -2.41. The van der Waals surface area contributed by atoms with Gasteiger partial charge in [0.15, 0.2) is 0 Å². The Morgan fingerprint density at radius 2 is 2.30 bits per heavy atom. The molecule has 0 bridgehead atoms. The number of hydrogen-bond acceptors (Lipinski definition) is 5. The number of carbonyl (C=O) groups excluding carboxylic acids is 1. The maximum atomic E-state index is 10.3. The molecule has 0 aliphatic rings. The van der Waals surface area contributed by atoms with Crippen molar-refractivity contribution < 1.29 is 23.4 Å². The molecule has 0 aromatic rings. The minimum atomic E-state index is -2.41. The highest BCUT2D eigenvalue weighted by Crippen LogP contribution is 1.80. The molecule has 0 aliphatic heterocycles. The standard InChI is InChI=1S/C4H8O5S/c5-1-2-9-4(6)3-10(7)8/h5H,1-3H2,(H,7,8)/p-1. The summed E-state index contributed by atoms with van der Waals surface area (Å²) in [6, 6.07) is 0. The molecule has 0 aromatic carbocycles. The molecule has 0 heterocycles. The lowest BCUT2D eigenvalue weighted by Gasteiger charge is -2.03. The summed E-state index contributed by atoms with van der Waals surface area (Å²) in [6.45, 7) is -0.451. The maximum absolute atomic E-state index is 10.3. The Balaban J connectivity index is 3.35. The van der Waals surface area contributed by atoms with E-state index in [0.29, 0.717) is 0 Å². The van der Waals surface area contributed by atoms with Gasteiger partial charge in [0.2, 0.25) is 0 Å². The van der Waals surface area contributed by atoms with E-state index in [9.17, 15) is 13.6 Å². The normalized spacial score (nSPS) is 12.6. The van der Waals surface area contributed by atoms with Crippen LogP contribution in [0, 0.1) is 0 Å². The number of carbonyl (C=O) groups is 1. The van der Waals surface area contributed by atoms with Gasteiger partial charge in [-0.3, -0.25) is 9.00 Å².